The second-order valence-electron chi connectivity index (χ2n) is 4.74. The van der Waals surface area contributed by atoms with E-state index in [1.165, 1.54) is 24.6 Å². The number of carbonyl (C=O) groups excluding carboxylic acids is 1. The number of nitrogens with one attached hydrogen (secondary N) is 1. The van der Waals surface area contributed by atoms with Crippen LogP contribution in [0.4, 0.5) is 11.4 Å². The molecule has 1 aliphatic rings. The van der Waals surface area contributed by atoms with Gasteiger partial charge in [0.05, 0.1) is 0 Å². The van der Waals surface area contributed by atoms with Crippen molar-refractivity contribution in [2.45, 2.75) is 19.8 Å². The topological polar surface area (TPSA) is 58.4 Å². The lowest BCUT2D eigenvalue weighted by Gasteiger charge is -2.18. The number of nitrogen functional groups attached to an aromatic ring is 1. The van der Waals surface area contributed by atoms with Crippen molar-refractivity contribution < 1.29 is 4.79 Å². The molecule has 102 valence electrons. The number of hydrogen-bond acceptors (Lipinski definition) is 3. The molecule has 0 spiro atoms. The largest absolute Gasteiger partial charge is 0.398 e. The van der Waals surface area contributed by atoms with E-state index in [0.29, 0.717) is 12.2 Å². The zero-order chi connectivity index (χ0) is 13.7. The summed E-state index contributed by atoms with van der Waals surface area (Å²) in [5.41, 5.74) is 8.73. The van der Waals surface area contributed by atoms with Crippen molar-refractivity contribution in [2.75, 3.05) is 30.3 Å². The van der Waals surface area contributed by atoms with Crippen molar-refractivity contribution in [1.29, 1.82) is 0 Å². The fraction of sp³-hybridized carbons (Fsp3) is 0.400. The molecule has 1 fully saturated rings. The molecule has 0 aliphatic carbocycles. The van der Waals surface area contributed by atoms with Gasteiger partial charge in [0.2, 0.25) is 5.91 Å². The van der Waals surface area contributed by atoms with Gasteiger partial charge in [-0.25, -0.2) is 0 Å². The van der Waals surface area contributed by atoms with Gasteiger partial charge >= 0.3 is 0 Å². The molecule has 19 heavy (non-hydrogen) atoms. The molecule has 1 aromatic carbocycles. The van der Waals surface area contributed by atoms with Gasteiger partial charge in [0, 0.05) is 37.1 Å². The third-order valence-electron chi connectivity index (χ3n) is 3.31. The minimum absolute atomic E-state index is 0.0894. The molecule has 1 aromatic rings. The van der Waals surface area contributed by atoms with E-state index >= 15 is 0 Å². The van der Waals surface area contributed by atoms with Gasteiger partial charge in [0.1, 0.15) is 0 Å². The van der Waals surface area contributed by atoms with Crippen LogP contribution in [0.1, 0.15) is 25.3 Å². The maximum absolute atomic E-state index is 11.4. The Morgan fingerprint density at radius 1 is 1.42 bits per heavy atom. The number of likely N-dealkylation sites (N-methyl/N-ethyl adjacent to an activating group) is 1. The number of carbonyl (C=O) groups is 1. The molecule has 1 aliphatic heterocycles. The average Bonchev–Trinajstić information content (AvgIpc) is 2.92. The van der Waals surface area contributed by atoms with Crippen LogP contribution < -0.4 is 16.0 Å². The number of hydrogen-bond donors (Lipinski definition) is 2. The van der Waals surface area contributed by atoms with E-state index < -0.39 is 0 Å². The summed E-state index contributed by atoms with van der Waals surface area (Å²) in [5.74, 6) is -0.0894. The summed E-state index contributed by atoms with van der Waals surface area (Å²) >= 11 is 0. The predicted octanol–water partition coefficient (Wildman–Crippen LogP) is 2.02. The van der Waals surface area contributed by atoms with Crippen LogP contribution in [0, 0.1) is 0 Å². The van der Waals surface area contributed by atoms with E-state index in [1.54, 1.807) is 6.08 Å². The number of rotatable bonds is 4. The van der Waals surface area contributed by atoms with Crippen LogP contribution >= 0.6 is 0 Å². The summed E-state index contributed by atoms with van der Waals surface area (Å²) in [6, 6.07) is 6.01. The molecule has 1 amide bonds. The van der Waals surface area contributed by atoms with Crippen LogP contribution in [0.5, 0.6) is 0 Å². The Labute approximate surface area is 114 Å². The van der Waals surface area contributed by atoms with E-state index in [2.05, 4.69) is 16.3 Å². The van der Waals surface area contributed by atoms with Crippen molar-refractivity contribution in [1.82, 2.24) is 5.32 Å². The summed E-state index contributed by atoms with van der Waals surface area (Å²) in [6.45, 7) is 4.73. The van der Waals surface area contributed by atoms with E-state index in [1.807, 2.05) is 19.1 Å². The molecule has 1 heterocycles. The molecular weight excluding hydrogens is 238 g/mol. The molecule has 0 saturated carbocycles. The third-order valence-corrected chi connectivity index (χ3v) is 3.31. The van der Waals surface area contributed by atoms with Crippen molar-refractivity contribution in [2.24, 2.45) is 0 Å². The molecule has 3 N–H and O–H groups in total. The fourth-order valence-corrected chi connectivity index (χ4v) is 2.28. The number of nitrogens with two attached hydrogens (primary N) is 1. The number of anilines is 2. The molecule has 0 radical (unpaired) electrons. The first-order chi connectivity index (χ1) is 9.20. The zero-order valence-electron chi connectivity index (χ0n) is 11.4. The summed E-state index contributed by atoms with van der Waals surface area (Å²) < 4.78 is 0. The molecule has 0 unspecified atom stereocenters. The fourth-order valence-electron chi connectivity index (χ4n) is 2.28. The number of nitrogens with zero attached hydrogens (tertiary/aromatic N) is 1. The molecule has 2 rings (SSSR count). The number of amides is 1. The van der Waals surface area contributed by atoms with Gasteiger partial charge in [0.25, 0.3) is 0 Å². The lowest BCUT2D eigenvalue weighted by molar-refractivity contribution is -0.116. The lowest BCUT2D eigenvalue weighted by Crippen LogP contribution is -2.19. The first kappa shape index (κ1) is 13.5. The van der Waals surface area contributed by atoms with Crippen LogP contribution in [0.15, 0.2) is 24.3 Å². The summed E-state index contributed by atoms with van der Waals surface area (Å²) in [4.78, 5) is 13.8. The van der Waals surface area contributed by atoms with E-state index in [4.69, 9.17) is 5.73 Å². The molecule has 0 bridgehead atoms. The highest BCUT2D eigenvalue weighted by Crippen LogP contribution is 2.25. The predicted molar refractivity (Wildman–Crippen MR) is 80.0 cm³/mol. The molecular formula is C15H21N3O. The maximum atomic E-state index is 11.4. The van der Waals surface area contributed by atoms with Crippen LogP contribution in [0.25, 0.3) is 6.08 Å². The van der Waals surface area contributed by atoms with Gasteiger partial charge < -0.3 is 16.0 Å². The Morgan fingerprint density at radius 3 is 2.84 bits per heavy atom. The van der Waals surface area contributed by atoms with Gasteiger partial charge in [-0.2, -0.15) is 0 Å². The van der Waals surface area contributed by atoms with Gasteiger partial charge in [-0.3, -0.25) is 4.79 Å². The number of benzene rings is 1. The molecule has 0 atom stereocenters. The van der Waals surface area contributed by atoms with Crippen molar-refractivity contribution in [3.05, 3.63) is 29.8 Å². The standard InChI is InChI=1S/C15H21N3O/c1-2-17-15(19)8-5-12-11-13(6-7-14(12)16)18-9-3-4-10-18/h5-8,11H,2-4,9-10,16H2,1H3,(H,17,19). The molecule has 1 saturated heterocycles. The molecule has 0 aromatic heterocycles. The summed E-state index contributed by atoms with van der Waals surface area (Å²) in [5, 5.41) is 2.73. The monoisotopic (exact) mass is 259 g/mol. The first-order valence-corrected chi connectivity index (χ1v) is 6.81. The first-order valence-electron chi connectivity index (χ1n) is 6.81. The Kier molecular flexibility index (Phi) is 4.44. The second kappa shape index (κ2) is 6.27. The lowest BCUT2D eigenvalue weighted by atomic mass is 10.1. The Morgan fingerprint density at radius 2 is 2.16 bits per heavy atom. The highest BCUT2D eigenvalue weighted by Gasteiger charge is 2.12. The van der Waals surface area contributed by atoms with Crippen LogP contribution in [-0.2, 0) is 4.79 Å². The minimum atomic E-state index is -0.0894. The van der Waals surface area contributed by atoms with Crippen molar-refractivity contribution in [3.63, 3.8) is 0 Å². The Hall–Kier alpha value is -1.97. The average molecular weight is 259 g/mol. The third kappa shape index (κ3) is 3.50. The highest BCUT2D eigenvalue weighted by molar-refractivity contribution is 5.92. The van der Waals surface area contributed by atoms with Crippen molar-refractivity contribution in [3.8, 4) is 0 Å². The smallest absolute Gasteiger partial charge is 0.243 e. The van der Waals surface area contributed by atoms with Crippen molar-refractivity contribution >= 4 is 23.4 Å². The van der Waals surface area contributed by atoms with E-state index in [9.17, 15) is 4.79 Å². The van der Waals surface area contributed by atoms with Gasteiger partial charge in [-0.1, -0.05) is 0 Å². The maximum Gasteiger partial charge on any atom is 0.243 e. The van der Waals surface area contributed by atoms with E-state index in [-0.39, 0.29) is 5.91 Å². The highest BCUT2D eigenvalue weighted by atomic mass is 16.1. The van der Waals surface area contributed by atoms with Crippen LogP contribution in [0.3, 0.4) is 0 Å². The van der Waals surface area contributed by atoms with Crippen LogP contribution in [-0.4, -0.2) is 25.5 Å². The summed E-state index contributed by atoms with van der Waals surface area (Å²) in [6.07, 6.45) is 5.80. The SMILES string of the molecule is CCNC(=O)C=Cc1cc(N2CCCC2)ccc1N. The van der Waals surface area contributed by atoms with E-state index in [0.717, 1.165) is 18.7 Å². The second-order valence-corrected chi connectivity index (χ2v) is 4.74. The minimum Gasteiger partial charge on any atom is -0.398 e. The van der Waals surface area contributed by atoms with Gasteiger partial charge in [-0.15, -0.1) is 0 Å². The van der Waals surface area contributed by atoms with Gasteiger partial charge in [-0.05, 0) is 49.6 Å². The molecule has 4 nitrogen and oxygen atoms in total. The molecule has 4 heteroatoms. The normalized spacial score (nSPS) is 15.1. The summed E-state index contributed by atoms with van der Waals surface area (Å²) in [7, 11) is 0. The Bertz CT molecular complexity index is 476. The zero-order valence-corrected chi connectivity index (χ0v) is 11.4. The van der Waals surface area contributed by atoms with Gasteiger partial charge in [0.15, 0.2) is 0 Å². The van der Waals surface area contributed by atoms with Crippen LogP contribution in [0.2, 0.25) is 0 Å². The Balaban J connectivity index is 2.14. The quantitative estimate of drug-likeness (QED) is 0.642.